The van der Waals surface area contributed by atoms with Crippen molar-refractivity contribution < 1.29 is 14.3 Å². The number of thioether (sulfide) groups is 1. The molecule has 0 bridgehead atoms. The second-order valence-corrected chi connectivity index (χ2v) is 5.98. The minimum absolute atomic E-state index is 0.0151. The van der Waals surface area contributed by atoms with Crippen LogP contribution in [-0.4, -0.2) is 38.7 Å². The van der Waals surface area contributed by atoms with Crippen molar-refractivity contribution in [1.82, 2.24) is 15.2 Å². The predicted octanol–water partition coefficient (Wildman–Crippen LogP) is 1.08. The van der Waals surface area contributed by atoms with Crippen molar-refractivity contribution in [3.05, 3.63) is 23.8 Å². The predicted molar refractivity (Wildman–Crippen MR) is 81.0 cm³/mol. The molecule has 114 valence electrons. The minimum Gasteiger partial charge on any atom is -0.482 e. The normalized spacial score (nSPS) is 14.7. The smallest absolute Gasteiger partial charge is 0.262 e. The van der Waals surface area contributed by atoms with Gasteiger partial charge in [-0.2, -0.15) is 4.98 Å². The highest BCUT2D eigenvalue weighted by Crippen LogP contribution is 2.30. The second-order valence-electron chi connectivity index (χ2n) is 4.68. The summed E-state index contributed by atoms with van der Waals surface area (Å²) in [6.07, 6.45) is 0. The molecule has 8 nitrogen and oxygen atoms in total. The third-order valence-electron chi connectivity index (χ3n) is 3.03. The molecule has 1 amide bonds. The Bertz CT molecular complexity index is 745. The highest BCUT2D eigenvalue weighted by molar-refractivity contribution is 8.00. The van der Waals surface area contributed by atoms with Gasteiger partial charge in [-0.25, -0.2) is 5.10 Å². The lowest BCUT2D eigenvalue weighted by molar-refractivity contribution is -0.118. The van der Waals surface area contributed by atoms with E-state index in [4.69, 9.17) is 10.5 Å². The van der Waals surface area contributed by atoms with Crippen LogP contribution in [0.25, 0.3) is 0 Å². The zero-order valence-electron chi connectivity index (χ0n) is 11.6. The number of nitrogen functional groups attached to an aromatic ring is 1. The Kier molecular flexibility index (Phi) is 3.72. The average Bonchev–Trinajstić information content (AvgIpc) is 2.90. The van der Waals surface area contributed by atoms with E-state index in [1.807, 2.05) is 0 Å². The summed E-state index contributed by atoms with van der Waals surface area (Å²) >= 11 is 1.20. The highest BCUT2D eigenvalue weighted by atomic mass is 32.2. The maximum atomic E-state index is 12.5. The lowest BCUT2D eigenvalue weighted by Crippen LogP contribution is -2.25. The molecule has 0 spiro atoms. The zero-order valence-corrected chi connectivity index (χ0v) is 12.4. The molecule has 0 radical (unpaired) electrons. The molecule has 9 heteroatoms. The molecular weight excluding hydrogens is 306 g/mol. The molecule has 1 atom stereocenters. The van der Waals surface area contributed by atoms with E-state index < -0.39 is 5.25 Å². The van der Waals surface area contributed by atoms with E-state index in [0.29, 0.717) is 22.2 Å². The molecule has 0 fully saturated rings. The molecule has 2 heterocycles. The number of hydrogen-bond acceptors (Lipinski definition) is 7. The van der Waals surface area contributed by atoms with E-state index in [1.54, 1.807) is 25.1 Å². The first-order chi connectivity index (χ1) is 10.5. The highest BCUT2D eigenvalue weighted by Gasteiger charge is 2.22. The first kappa shape index (κ1) is 14.4. The quantitative estimate of drug-likeness (QED) is 0.569. The number of amides is 1. The number of fused-ring (bicyclic) bond motifs is 1. The Hall–Kier alpha value is -2.55. The summed E-state index contributed by atoms with van der Waals surface area (Å²) in [5, 5.41) is 9.10. The molecular formula is C13H13N5O3S. The fraction of sp³-hybridized carbons (Fsp3) is 0.231. The second kappa shape index (κ2) is 5.68. The number of ketones is 1. The summed E-state index contributed by atoms with van der Waals surface area (Å²) < 4.78 is 5.26. The first-order valence-corrected chi connectivity index (χ1v) is 7.36. The number of anilines is 2. The Balaban J connectivity index is 1.77. The van der Waals surface area contributed by atoms with Gasteiger partial charge in [0.2, 0.25) is 11.1 Å². The van der Waals surface area contributed by atoms with Crippen LogP contribution in [0.15, 0.2) is 23.4 Å². The van der Waals surface area contributed by atoms with Crippen molar-refractivity contribution in [2.45, 2.75) is 17.3 Å². The third-order valence-corrected chi connectivity index (χ3v) is 3.99. The largest absolute Gasteiger partial charge is 0.482 e. The van der Waals surface area contributed by atoms with Crippen LogP contribution in [0, 0.1) is 0 Å². The van der Waals surface area contributed by atoms with Gasteiger partial charge in [0.15, 0.2) is 12.4 Å². The van der Waals surface area contributed by atoms with Gasteiger partial charge in [-0.05, 0) is 25.1 Å². The Labute approximate surface area is 129 Å². The van der Waals surface area contributed by atoms with E-state index in [1.165, 1.54) is 11.8 Å². The van der Waals surface area contributed by atoms with Crippen molar-refractivity contribution in [2.24, 2.45) is 0 Å². The number of nitrogens with one attached hydrogen (secondary N) is 2. The number of aromatic nitrogens is 3. The molecule has 1 unspecified atom stereocenters. The van der Waals surface area contributed by atoms with Crippen molar-refractivity contribution in [3.8, 4) is 5.75 Å². The molecule has 22 heavy (non-hydrogen) atoms. The van der Waals surface area contributed by atoms with E-state index >= 15 is 0 Å². The molecule has 4 N–H and O–H groups in total. The molecule has 3 rings (SSSR count). The SMILES string of the molecule is CC(Sc1n[nH]c(N)n1)C(=O)c1ccc2c(c1)NC(=O)CO2. The number of H-pyrrole nitrogens is 1. The molecule has 1 aliphatic heterocycles. The van der Waals surface area contributed by atoms with Crippen LogP contribution in [0.5, 0.6) is 5.75 Å². The van der Waals surface area contributed by atoms with Crippen LogP contribution in [-0.2, 0) is 4.79 Å². The van der Waals surface area contributed by atoms with Crippen LogP contribution in [0.4, 0.5) is 11.6 Å². The minimum atomic E-state index is -0.395. The number of aromatic amines is 1. The fourth-order valence-electron chi connectivity index (χ4n) is 1.99. The van der Waals surface area contributed by atoms with Gasteiger partial charge in [-0.1, -0.05) is 11.8 Å². The molecule has 0 saturated carbocycles. The summed E-state index contributed by atoms with van der Waals surface area (Å²) in [4.78, 5) is 27.7. The maximum Gasteiger partial charge on any atom is 0.262 e. The summed E-state index contributed by atoms with van der Waals surface area (Å²) in [7, 11) is 0. The summed E-state index contributed by atoms with van der Waals surface area (Å²) in [6.45, 7) is 1.74. The van der Waals surface area contributed by atoms with E-state index in [9.17, 15) is 9.59 Å². The fourth-order valence-corrected chi connectivity index (χ4v) is 2.80. The maximum absolute atomic E-state index is 12.5. The topological polar surface area (TPSA) is 123 Å². The van der Waals surface area contributed by atoms with Crippen molar-refractivity contribution >= 4 is 35.1 Å². The molecule has 1 aliphatic rings. The standard InChI is InChI=1S/C13H13N5O3S/c1-6(22-13-16-12(14)17-18-13)11(20)7-2-3-9-8(4-7)15-10(19)5-21-9/h2-4,6H,5H2,1H3,(H,15,19)(H3,14,16,17,18). The molecule has 2 aromatic rings. The lowest BCUT2D eigenvalue weighted by atomic mass is 10.1. The number of hydrogen-bond donors (Lipinski definition) is 3. The number of nitrogens with two attached hydrogens (primary N) is 1. The molecule has 0 aliphatic carbocycles. The number of carbonyl (C=O) groups is 2. The van der Waals surface area contributed by atoms with Gasteiger partial charge >= 0.3 is 0 Å². The van der Waals surface area contributed by atoms with Crippen molar-refractivity contribution in [3.63, 3.8) is 0 Å². The third kappa shape index (κ3) is 2.89. The number of Topliss-reactive ketones (excluding diaryl/α,β-unsaturated/α-hetero) is 1. The van der Waals surface area contributed by atoms with Crippen LogP contribution in [0.2, 0.25) is 0 Å². The zero-order chi connectivity index (χ0) is 15.7. The Morgan fingerprint density at radius 3 is 3.05 bits per heavy atom. The van der Waals surface area contributed by atoms with E-state index in [0.717, 1.165) is 0 Å². The van der Waals surface area contributed by atoms with Gasteiger partial charge in [0.25, 0.3) is 5.91 Å². The number of rotatable bonds is 4. The number of ether oxygens (including phenoxy) is 1. The van der Waals surface area contributed by atoms with Crippen LogP contribution < -0.4 is 15.8 Å². The van der Waals surface area contributed by atoms with E-state index in [-0.39, 0.29) is 24.2 Å². The number of benzene rings is 1. The number of carbonyl (C=O) groups excluding carboxylic acids is 2. The van der Waals surface area contributed by atoms with Crippen LogP contribution in [0.3, 0.4) is 0 Å². The lowest BCUT2D eigenvalue weighted by Gasteiger charge is -2.18. The summed E-state index contributed by atoms with van der Waals surface area (Å²) in [5.41, 5.74) is 6.43. The van der Waals surface area contributed by atoms with Gasteiger partial charge < -0.3 is 15.8 Å². The van der Waals surface area contributed by atoms with Crippen LogP contribution >= 0.6 is 11.8 Å². The molecule has 1 aromatic heterocycles. The van der Waals surface area contributed by atoms with Gasteiger partial charge in [0.05, 0.1) is 10.9 Å². The average molecular weight is 319 g/mol. The number of nitrogens with zero attached hydrogens (tertiary/aromatic N) is 2. The van der Waals surface area contributed by atoms with Gasteiger partial charge in [0.1, 0.15) is 5.75 Å². The Morgan fingerprint density at radius 1 is 1.50 bits per heavy atom. The first-order valence-electron chi connectivity index (χ1n) is 6.48. The summed E-state index contributed by atoms with van der Waals surface area (Å²) in [6, 6.07) is 4.95. The van der Waals surface area contributed by atoms with Gasteiger partial charge in [-0.15, -0.1) is 5.10 Å². The van der Waals surface area contributed by atoms with Crippen molar-refractivity contribution in [2.75, 3.05) is 17.7 Å². The Morgan fingerprint density at radius 2 is 2.32 bits per heavy atom. The molecule has 0 saturated heterocycles. The van der Waals surface area contributed by atoms with Crippen molar-refractivity contribution in [1.29, 1.82) is 0 Å². The van der Waals surface area contributed by atoms with Gasteiger partial charge in [-0.3, -0.25) is 9.59 Å². The van der Waals surface area contributed by atoms with Crippen LogP contribution in [0.1, 0.15) is 17.3 Å². The molecule has 1 aromatic carbocycles. The summed E-state index contributed by atoms with van der Waals surface area (Å²) in [5.74, 6) is 0.417. The monoisotopic (exact) mass is 319 g/mol. The van der Waals surface area contributed by atoms with E-state index in [2.05, 4.69) is 20.5 Å². The van der Waals surface area contributed by atoms with Gasteiger partial charge in [0, 0.05) is 5.56 Å².